The Morgan fingerprint density at radius 1 is 1.24 bits per heavy atom. The quantitative estimate of drug-likeness (QED) is 0.853. The molecule has 0 unspecified atom stereocenters. The number of hydrogen-bond donors (Lipinski definition) is 1. The zero-order valence-corrected chi connectivity index (χ0v) is 10.6. The van der Waals surface area contributed by atoms with Crippen molar-refractivity contribution in [2.24, 2.45) is 0 Å². The molecule has 2 fully saturated rings. The van der Waals surface area contributed by atoms with Gasteiger partial charge in [-0.15, -0.1) is 0 Å². The van der Waals surface area contributed by atoms with Crippen LogP contribution in [0.5, 0.6) is 5.75 Å². The predicted molar refractivity (Wildman–Crippen MR) is 68.3 cm³/mol. The van der Waals surface area contributed by atoms with Gasteiger partial charge in [0, 0.05) is 24.7 Å². The molecule has 1 aliphatic heterocycles. The molecule has 3 heteroatoms. The monoisotopic (exact) mass is 232 g/mol. The van der Waals surface area contributed by atoms with Crippen molar-refractivity contribution in [1.82, 2.24) is 10.2 Å². The number of rotatable bonds is 4. The van der Waals surface area contributed by atoms with Crippen molar-refractivity contribution in [3.63, 3.8) is 0 Å². The largest absolute Gasteiger partial charge is 0.497 e. The third-order valence-corrected chi connectivity index (χ3v) is 4.33. The Hall–Kier alpha value is -1.06. The summed E-state index contributed by atoms with van der Waals surface area (Å²) in [5.74, 6) is 0.942. The van der Waals surface area contributed by atoms with E-state index < -0.39 is 0 Å². The van der Waals surface area contributed by atoms with E-state index in [-0.39, 0.29) is 0 Å². The van der Waals surface area contributed by atoms with Crippen LogP contribution >= 0.6 is 0 Å². The molecular formula is C14H20N2O. The van der Waals surface area contributed by atoms with Gasteiger partial charge in [0.15, 0.2) is 0 Å². The Bertz CT molecular complexity index is 393. The summed E-state index contributed by atoms with van der Waals surface area (Å²) < 4.78 is 5.22. The number of benzene rings is 1. The van der Waals surface area contributed by atoms with E-state index in [1.54, 1.807) is 7.11 Å². The summed E-state index contributed by atoms with van der Waals surface area (Å²) in [6, 6.07) is 9.28. The van der Waals surface area contributed by atoms with Crippen LogP contribution in [0.1, 0.15) is 18.4 Å². The van der Waals surface area contributed by atoms with E-state index in [0.29, 0.717) is 11.6 Å². The molecule has 1 saturated carbocycles. The van der Waals surface area contributed by atoms with E-state index in [4.69, 9.17) is 4.74 Å². The molecule has 1 aromatic rings. The van der Waals surface area contributed by atoms with Gasteiger partial charge in [0.1, 0.15) is 5.75 Å². The molecule has 92 valence electrons. The van der Waals surface area contributed by atoms with Gasteiger partial charge < -0.3 is 10.1 Å². The van der Waals surface area contributed by atoms with Crippen molar-refractivity contribution in [2.75, 3.05) is 27.2 Å². The topological polar surface area (TPSA) is 24.5 Å². The molecule has 1 heterocycles. The second-order valence-corrected chi connectivity index (χ2v) is 5.18. The maximum Gasteiger partial charge on any atom is 0.118 e. The van der Waals surface area contributed by atoms with Crippen LogP contribution in [0.3, 0.4) is 0 Å². The molecule has 1 aromatic carbocycles. The first-order valence-corrected chi connectivity index (χ1v) is 6.34. The van der Waals surface area contributed by atoms with E-state index in [1.807, 2.05) is 0 Å². The normalized spacial score (nSPS) is 22.3. The lowest BCUT2D eigenvalue weighted by Gasteiger charge is -2.41. The van der Waals surface area contributed by atoms with E-state index in [2.05, 4.69) is 41.5 Å². The molecule has 0 atom stereocenters. The number of nitrogens with zero attached hydrogens (tertiary/aromatic N) is 1. The molecule has 0 aromatic heterocycles. The number of ether oxygens (including phenoxy) is 1. The molecule has 2 aliphatic rings. The molecule has 0 radical (unpaired) electrons. The molecular weight excluding hydrogens is 212 g/mol. The maximum absolute atomic E-state index is 5.22. The third-order valence-electron chi connectivity index (χ3n) is 4.33. The van der Waals surface area contributed by atoms with Gasteiger partial charge in [-0.3, -0.25) is 4.90 Å². The number of nitrogens with one attached hydrogen (secondary N) is 1. The van der Waals surface area contributed by atoms with Crippen LogP contribution in [0.4, 0.5) is 0 Å². The first kappa shape index (κ1) is 11.1. The van der Waals surface area contributed by atoms with E-state index in [0.717, 1.165) is 18.8 Å². The lowest BCUT2D eigenvalue weighted by Crippen LogP contribution is -2.58. The first-order chi connectivity index (χ1) is 8.26. The average Bonchev–Trinajstić information content (AvgIpc) is 3.08. The van der Waals surface area contributed by atoms with Crippen LogP contribution in [0.15, 0.2) is 24.3 Å². The highest BCUT2D eigenvalue weighted by atomic mass is 16.5. The van der Waals surface area contributed by atoms with Crippen LogP contribution in [0.2, 0.25) is 0 Å². The van der Waals surface area contributed by atoms with Gasteiger partial charge >= 0.3 is 0 Å². The summed E-state index contributed by atoms with van der Waals surface area (Å²) in [5, 5.41) is 3.35. The molecule has 17 heavy (non-hydrogen) atoms. The minimum atomic E-state index is 0.305. The average molecular weight is 232 g/mol. The summed E-state index contributed by atoms with van der Waals surface area (Å²) in [7, 11) is 3.98. The highest BCUT2D eigenvalue weighted by molar-refractivity contribution is 5.35. The molecule has 3 nitrogen and oxygen atoms in total. The summed E-state index contributed by atoms with van der Waals surface area (Å²) in [6.45, 7) is 2.27. The van der Waals surface area contributed by atoms with Gasteiger partial charge in [0.2, 0.25) is 0 Å². The van der Waals surface area contributed by atoms with Crippen LogP contribution in [-0.2, 0) is 5.54 Å². The first-order valence-electron chi connectivity index (χ1n) is 6.34. The lowest BCUT2D eigenvalue weighted by atomic mass is 9.99. The van der Waals surface area contributed by atoms with Crippen LogP contribution in [-0.4, -0.2) is 38.2 Å². The number of hydrogen-bond acceptors (Lipinski definition) is 3. The molecule has 3 rings (SSSR count). The zero-order chi connectivity index (χ0) is 11.9. The summed E-state index contributed by atoms with van der Waals surface area (Å²) in [5.41, 5.74) is 1.74. The Kier molecular flexibility index (Phi) is 2.60. The van der Waals surface area contributed by atoms with Crippen molar-refractivity contribution in [3.05, 3.63) is 29.8 Å². The lowest BCUT2D eigenvalue weighted by molar-refractivity contribution is 0.111. The minimum absolute atomic E-state index is 0.305. The maximum atomic E-state index is 5.22. The van der Waals surface area contributed by atoms with Crippen LogP contribution < -0.4 is 10.1 Å². The fourth-order valence-electron chi connectivity index (χ4n) is 2.76. The fourth-order valence-corrected chi connectivity index (χ4v) is 2.76. The van der Waals surface area contributed by atoms with Crippen LogP contribution in [0, 0.1) is 0 Å². The van der Waals surface area contributed by atoms with Gasteiger partial charge in [-0.1, -0.05) is 12.1 Å². The highest BCUT2D eigenvalue weighted by Crippen LogP contribution is 2.51. The van der Waals surface area contributed by atoms with Crippen molar-refractivity contribution in [3.8, 4) is 5.75 Å². The molecule has 1 aliphatic carbocycles. The Labute approximate surface area is 103 Å². The fraction of sp³-hybridized carbons (Fsp3) is 0.571. The minimum Gasteiger partial charge on any atom is -0.497 e. The van der Waals surface area contributed by atoms with Gasteiger partial charge in [0.05, 0.1) is 7.11 Å². The number of likely N-dealkylation sites (N-methyl/N-ethyl adjacent to an activating group) is 1. The summed E-state index contributed by atoms with van der Waals surface area (Å²) >= 11 is 0. The van der Waals surface area contributed by atoms with Crippen LogP contribution in [0.25, 0.3) is 0 Å². The van der Waals surface area contributed by atoms with Crippen molar-refractivity contribution in [1.29, 1.82) is 0 Å². The Morgan fingerprint density at radius 2 is 1.88 bits per heavy atom. The van der Waals surface area contributed by atoms with Crippen molar-refractivity contribution < 1.29 is 4.74 Å². The SMILES string of the molecule is COc1ccc(C2(N(C)C3CNC3)CC2)cc1. The predicted octanol–water partition coefficient (Wildman–Crippen LogP) is 1.59. The molecule has 1 saturated heterocycles. The van der Waals surface area contributed by atoms with E-state index >= 15 is 0 Å². The second kappa shape index (κ2) is 4.00. The zero-order valence-electron chi connectivity index (χ0n) is 10.6. The van der Waals surface area contributed by atoms with Gasteiger partial charge in [-0.05, 0) is 37.6 Å². The molecule has 0 bridgehead atoms. The standard InChI is InChI=1S/C14H20N2O/c1-16(12-9-15-10-12)14(7-8-14)11-3-5-13(17-2)6-4-11/h3-6,12,15H,7-10H2,1-2H3. The number of methoxy groups -OCH3 is 1. The smallest absolute Gasteiger partial charge is 0.118 e. The van der Waals surface area contributed by atoms with Gasteiger partial charge in [0.25, 0.3) is 0 Å². The summed E-state index contributed by atoms with van der Waals surface area (Å²) in [6.07, 6.45) is 2.57. The molecule has 0 amide bonds. The Morgan fingerprint density at radius 3 is 2.29 bits per heavy atom. The third kappa shape index (κ3) is 1.74. The Balaban J connectivity index is 1.81. The molecule has 1 N–H and O–H groups in total. The molecule has 0 spiro atoms. The van der Waals surface area contributed by atoms with Gasteiger partial charge in [-0.25, -0.2) is 0 Å². The van der Waals surface area contributed by atoms with E-state index in [9.17, 15) is 0 Å². The van der Waals surface area contributed by atoms with Gasteiger partial charge in [-0.2, -0.15) is 0 Å². The van der Waals surface area contributed by atoms with Crippen molar-refractivity contribution in [2.45, 2.75) is 24.4 Å². The second-order valence-electron chi connectivity index (χ2n) is 5.18. The highest BCUT2D eigenvalue weighted by Gasteiger charge is 2.50. The van der Waals surface area contributed by atoms with E-state index in [1.165, 1.54) is 18.4 Å². The van der Waals surface area contributed by atoms with Crippen molar-refractivity contribution >= 4 is 0 Å². The summed E-state index contributed by atoms with van der Waals surface area (Å²) in [4.78, 5) is 2.56.